The quantitative estimate of drug-likeness (QED) is 0.403. The lowest BCUT2D eigenvalue weighted by atomic mass is 10.1. The Balaban J connectivity index is 1.68. The van der Waals surface area contributed by atoms with E-state index in [1.165, 1.54) is 30.3 Å². The van der Waals surface area contributed by atoms with Crippen LogP contribution in [0.2, 0.25) is 0 Å². The molecule has 3 heterocycles. The molecular weight excluding hydrogens is 471 g/mol. The molecule has 162 valence electrons. The van der Waals surface area contributed by atoms with Crippen LogP contribution in [0.25, 0.3) is 0 Å². The first-order valence-electron chi connectivity index (χ1n) is 9.41. The summed E-state index contributed by atoms with van der Waals surface area (Å²) in [5.41, 5.74) is 0.405. The summed E-state index contributed by atoms with van der Waals surface area (Å²) in [6, 6.07) is 5.49. The number of nitrogens with one attached hydrogen (secondary N) is 3. The summed E-state index contributed by atoms with van der Waals surface area (Å²) in [5.74, 6) is -1.17. The van der Waals surface area contributed by atoms with Gasteiger partial charge in [-0.3, -0.25) is 24.8 Å². The normalized spacial score (nSPS) is 17.8. The number of halogens is 2. The van der Waals surface area contributed by atoms with E-state index in [0.717, 1.165) is 0 Å². The van der Waals surface area contributed by atoms with Gasteiger partial charge in [0.05, 0.1) is 25.0 Å². The Labute approximate surface area is 186 Å². The maximum atomic E-state index is 14.1. The minimum absolute atomic E-state index is 0.112. The number of hydrogen-bond acceptors (Lipinski definition) is 7. The van der Waals surface area contributed by atoms with Gasteiger partial charge in [0.1, 0.15) is 28.3 Å². The number of carbonyl (C=O) groups is 3. The Morgan fingerprint density at radius 1 is 1.32 bits per heavy atom. The van der Waals surface area contributed by atoms with Crippen LogP contribution in [0, 0.1) is 5.41 Å². The van der Waals surface area contributed by atoms with Crippen molar-refractivity contribution in [2.45, 2.75) is 25.6 Å². The molecule has 0 aliphatic carbocycles. The fourth-order valence-electron chi connectivity index (χ4n) is 3.21. The minimum atomic E-state index is -1.32. The van der Waals surface area contributed by atoms with Crippen molar-refractivity contribution in [2.24, 2.45) is 0 Å². The van der Waals surface area contributed by atoms with Crippen LogP contribution >= 0.6 is 15.9 Å². The molecule has 3 N–H and O–H groups in total. The highest BCUT2D eigenvalue weighted by Crippen LogP contribution is 2.23. The van der Waals surface area contributed by atoms with Gasteiger partial charge in [-0.2, -0.15) is 0 Å². The summed E-state index contributed by atoms with van der Waals surface area (Å²) >= 11 is 3.21. The number of Topliss-reactive ketones (excluding diaryl/α,β-unsaturated/α-hetero) is 1. The van der Waals surface area contributed by atoms with E-state index in [-0.39, 0.29) is 31.0 Å². The van der Waals surface area contributed by atoms with Crippen LogP contribution in [0.1, 0.15) is 18.9 Å². The topological polar surface area (TPSA) is 128 Å². The van der Waals surface area contributed by atoms with Gasteiger partial charge in [0.15, 0.2) is 5.78 Å². The number of hydrogen-bond donors (Lipinski definition) is 3. The molecule has 0 spiro atoms. The summed E-state index contributed by atoms with van der Waals surface area (Å²) in [7, 11) is 0. The Hall–Kier alpha value is -3.21. The number of amides is 2. The van der Waals surface area contributed by atoms with Crippen molar-refractivity contribution in [2.75, 3.05) is 23.7 Å². The van der Waals surface area contributed by atoms with Crippen LogP contribution in [0.15, 0.2) is 41.3 Å². The highest BCUT2D eigenvalue weighted by atomic mass is 79.9. The van der Waals surface area contributed by atoms with Crippen LogP contribution < -0.4 is 10.6 Å². The monoisotopic (exact) mass is 490 g/mol. The predicted molar refractivity (Wildman–Crippen MR) is 116 cm³/mol. The fourth-order valence-corrected chi connectivity index (χ4v) is 3.56. The summed E-state index contributed by atoms with van der Waals surface area (Å²) in [6.45, 7) is 0.815. The van der Waals surface area contributed by atoms with Gasteiger partial charge in [0.2, 0.25) is 11.8 Å². The highest BCUT2D eigenvalue weighted by molar-refractivity contribution is 9.10. The number of carbonyl (C=O) groups excluding carboxylic acids is 3. The third kappa shape index (κ3) is 5.48. The number of ketones is 1. The maximum Gasteiger partial charge on any atom is 0.248 e. The predicted octanol–water partition coefficient (Wildman–Crippen LogP) is 2.19. The maximum absolute atomic E-state index is 14.1. The van der Waals surface area contributed by atoms with Crippen LogP contribution in [0.4, 0.5) is 15.9 Å². The lowest BCUT2D eigenvalue weighted by molar-refractivity contribution is -0.135. The molecule has 2 atom stereocenters. The molecule has 1 aliphatic heterocycles. The summed E-state index contributed by atoms with van der Waals surface area (Å²) in [4.78, 5) is 46.2. The molecule has 1 fully saturated rings. The molecule has 0 aromatic carbocycles. The van der Waals surface area contributed by atoms with Crippen LogP contribution in [-0.4, -0.2) is 63.5 Å². The molecule has 0 bridgehead atoms. The zero-order valence-electron chi connectivity index (χ0n) is 16.6. The summed E-state index contributed by atoms with van der Waals surface area (Å²) in [6.07, 6.45) is 1.39. The molecule has 11 heteroatoms. The van der Waals surface area contributed by atoms with Crippen LogP contribution in [0.3, 0.4) is 0 Å². The average molecular weight is 491 g/mol. The van der Waals surface area contributed by atoms with Gasteiger partial charge in [-0.15, -0.1) is 0 Å². The van der Waals surface area contributed by atoms with Crippen molar-refractivity contribution in [1.82, 2.24) is 14.9 Å². The second kappa shape index (κ2) is 9.73. The highest BCUT2D eigenvalue weighted by Gasteiger charge is 2.39. The SMILES string of the molecule is CC(=O)C(=N)c1ccncc1NCC(=O)N1C[C@H](F)C[C@H]1C(=O)Nc1cccc(Br)n1. The molecule has 0 radical (unpaired) electrons. The van der Waals surface area contributed by atoms with Gasteiger partial charge >= 0.3 is 0 Å². The molecule has 0 saturated carbocycles. The first kappa shape index (κ1) is 22.5. The first-order chi connectivity index (χ1) is 14.8. The van der Waals surface area contributed by atoms with Crippen molar-refractivity contribution in [3.05, 3.63) is 46.8 Å². The smallest absolute Gasteiger partial charge is 0.248 e. The number of nitrogens with zero attached hydrogens (tertiary/aromatic N) is 3. The Kier molecular flexibility index (Phi) is 7.06. The van der Waals surface area contributed by atoms with Crippen molar-refractivity contribution in [3.8, 4) is 0 Å². The average Bonchev–Trinajstić information content (AvgIpc) is 3.13. The van der Waals surface area contributed by atoms with E-state index >= 15 is 0 Å². The van der Waals surface area contributed by atoms with Gasteiger partial charge < -0.3 is 15.5 Å². The third-order valence-corrected chi connectivity index (χ3v) is 5.15. The van der Waals surface area contributed by atoms with E-state index in [1.807, 2.05) is 0 Å². The fraction of sp³-hybridized carbons (Fsp3) is 0.300. The Bertz CT molecular complexity index is 1030. The minimum Gasteiger partial charge on any atom is -0.374 e. The van der Waals surface area contributed by atoms with Crippen molar-refractivity contribution >= 4 is 50.7 Å². The zero-order chi connectivity index (χ0) is 22.5. The van der Waals surface area contributed by atoms with E-state index in [4.69, 9.17) is 5.41 Å². The molecule has 1 aliphatic rings. The molecule has 2 aromatic rings. The molecule has 1 saturated heterocycles. The van der Waals surface area contributed by atoms with Gasteiger partial charge in [-0.05, 0) is 34.1 Å². The number of alkyl halides is 1. The van der Waals surface area contributed by atoms with Gasteiger partial charge in [0, 0.05) is 25.1 Å². The lowest BCUT2D eigenvalue weighted by Gasteiger charge is -2.24. The van der Waals surface area contributed by atoms with E-state index in [2.05, 4.69) is 36.5 Å². The number of aromatic nitrogens is 2. The molecule has 9 nitrogen and oxygen atoms in total. The van der Waals surface area contributed by atoms with Gasteiger partial charge in [-0.25, -0.2) is 9.37 Å². The third-order valence-electron chi connectivity index (χ3n) is 4.71. The Morgan fingerprint density at radius 3 is 2.81 bits per heavy atom. The van der Waals surface area contributed by atoms with Gasteiger partial charge in [-0.1, -0.05) is 6.07 Å². The van der Waals surface area contributed by atoms with Crippen molar-refractivity contribution < 1.29 is 18.8 Å². The molecule has 0 unspecified atom stereocenters. The van der Waals surface area contributed by atoms with Gasteiger partial charge in [0.25, 0.3) is 0 Å². The number of anilines is 2. The van der Waals surface area contributed by atoms with Crippen LogP contribution in [-0.2, 0) is 14.4 Å². The zero-order valence-corrected chi connectivity index (χ0v) is 18.1. The molecule has 2 aromatic heterocycles. The van der Waals surface area contributed by atoms with E-state index < -0.39 is 29.8 Å². The first-order valence-corrected chi connectivity index (χ1v) is 10.2. The number of pyridine rings is 2. The number of rotatable bonds is 7. The largest absolute Gasteiger partial charge is 0.374 e. The number of likely N-dealkylation sites (tertiary alicyclic amines) is 1. The standard InChI is InChI=1S/C20H20BrFN6O3/c1-11(29)19(23)13-5-6-24-8-14(13)25-9-18(30)28-10-12(22)7-15(28)20(31)27-17-4-2-3-16(21)26-17/h2-6,8,12,15,23,25H,7,9-10H2,1H3,(H,26,27,31)/t12-,15+/m1/s1. The summed E-state index contributed by atoms with van der Waals surface area (Å²) in [5, 5.41) is 13.3. The Morgan fingerprint density at radius 2 is 2.10 bits per heavy atom. The lowest BCUT2D eigenvalue weighted by Crippen LogP contribution is -2.45. The van der Waals surface area contributed by atoms with E-state index in [1.54, 1.807) is 18.2 Å². The molecule has 31 heavy (non-hydrogen) atoms. The molecule has 2 amide bonds. The van der Waals surface area contributed by atoms with Crippen LogP contribution in [0.5, 0.6) is 0 Å². The second-order valence-corrected chi connectivity index (χ2v) is 7.75. The summed E-state index contributed by atoms with van der Waals surface area (Å²) < 4.78 is 14.6. The van der Waals surface area contributed by atoms with Crippen molar-refractivity contribution in [3.63, 3.8) is 0 Å². The molecular formula is C20H20BrFN6O3. The second-order valence-electron chi connectivity index (χ2n) is 6.94. The van der Waals surface area contributed by atoms with Crippen molar-refractivity contribution in [1.29, 1.82) is 5.41 Å². The molecule has 3 rings (SSSR count). The van der Waals surface area contributed by atoms with E-state index in [9.17, 15) is 18.8 Å². The van der Waals surface area contributed by atoms with E-state index in [0.29, 0.717) is 15.9 Å².